The fourth-order valence-corrected chi connectivity index (χ4v) is 2.94. The molecule has 0 N–H and O–H groups in total. The summed E-state index contributed by atoms with van der Waals surface area (Å²) in [5.74, 6) is 1.01. The van der Waals surface area contributed by atoms with Gasteiger partial charge in [-0.25, -0.2) is 0 Å². The van der Waals surface area contributed by atoms with Crippen LogP contribution in [0.3, 0.4) is 0 Å². The van der Waals surface area contributed by atoms with E-state index in [2.05, 4.69) is 47.7 Å². The number of hydrogen-bond acceptors (Lipinski definition) is 4. The molecule has 0 aromatic heterocycles. The molecule has 84 valence electrons. The zero-order valence-corrected chi connectivity index (χ0v) is 11.0. The Kier molecular flexibility index (Phi) is 4.09. The van der Waals surface area contributed by atoms with E-state index in [1.54, 1.807) is 23.7 Å². The van der Waals surface area contributed by atoms with E-state index in [0.717, 1.165) is 5.75 Å². The van der Waals surface area contributed by atoms with Gasteiger partial charge in [-0.3, -0.25) is 9.30 Å². The van der Waals surface area contributed by atoms with Crippen LogP contribution in [-0.2, 0) is 0 Å². The van der Waals surface area contributed by atoms with Crippen LogP contribution in [0.2, 0.25) is 0 Å². The fourth-order valence-electron chi connectivity index (χ4n) is 1.48. The fraction of sp³-hybridized carbons (Fsp3) is 0.250. The van der Waals surface area contributed by atoms with E-state index in [4.69, 9.17) is 0 Å². The van der Waals surface area contributed by atoms with Crippen molar-refractivity contribution < 1.29 is 0 Å². The quantitative estimate of drug-likeness (QED) is 0.765. The molecule has 0 amide bonds. The van der Waals surface area contributed by atoms with E-state index in [9.17, 15) is 0 Å². The second kappa shape index (κ2) is 5.57. The molecule has 0 saturated heterocycles. The smallest absolute Gasteiger partial charge is 0.0600 e. The summed E-state index contributed by atoms with van der Waals surface area (Å²) in [5, 5.41) is 0. The second-order valence-electron chi connectivity index (χ2n) is 3.62. The summed E-state index contributed by atoms with van der Waals surface area (Å²) in [4.78, 5) is 5.50. The molecule has 1 heterocycles. The largest absolute Gasteiger partial charge is 0.258 e. The molecule has 1 aliphatic rings. The normalized spacial score (nSPS) is 15.3. The molecule has 2 rings (SSSR count). The number of rotatable bonds is 3. The summed E-state index contributed by atoms with van der Waals surface area (Å²) in [6.07, 6.45) is 1.96. The summed E-state index contributed by atoms with van der Waals surface area (Å²) in [7, 11) is 4.12. The van der Waals surface area contributed by atoms with Crippen LogP contribution in [0.15, 0.2) is 40.4 Å². The Bertz CT molecular complexity index is 425. The van der Waals surface area contributed by atoms with Gasteiger partial charge in [0.2, 0.25) is 0 Å². The Labute approximate surface area is 105 Å². The van der Waals surface area contributed by atoms with Crippen molar-refractivity contribution in [3.63, 3.8) is 0 Å². The van der Waals surface area contributed by atoms with Gasteiger partial charge in [-0.15, -0.1) is 11.8 Å². The van der Waals surface area contributed by atoms with Crippen molar-refractivity contribution in [3.05, 3.63) is 36.0 Å². The summed E-state index contributed by atoms with van der Waals surface area (Å²) < 4.78 is 2.11. The highest BCUT2D eigenvalue weighted by molar-refractivity contribution is 8.12. The van der Waals surface area contributed by atoms with Crippen molar-refractivity contribution in [2.45, 2.75) is 4.90 Å². The molecular weight excluding hydrogens is 236 g/mol. The molecule has 16 heavy (non-hydrogen) atoms. The Morgan fingerprint density at radius 2 is 2.12 bits per heavy atom. The van der Waals surface area contributed by atoms with Crippen molar-refractivity contribution in [2.75, 3.05) is 19.8 Å². The van der Waals surface area contributed by atoms with Crippen molar-refractivity contribution >= 4 is 34.8 Å². The highest BCUT2D eigenvalue weighted by Crippen LogP contribution is 2.31. The lowest BCUT2D eigenvalue weighted by molar-refractivity contribution is 0.702. The molecule has 4 heteroatoms. The van der Waals surface area contributed by atoms with Crippen LogP contribution < -0.4 is 0 Å². The lowest BCUT2D eigenvalue weighted by atomic mass is 10.1. The maximum absolute atomic E-state index is 4.21. The Hall–Kier alpha value is -0.710. The van der Waals surface area contributed by atoms with Crippen LogP contribution in [0.5, 0.6) is 0 Å². The van der Waals surface area contributed by atoms with E-state index >= 15 is 0 Å². The molecular formula is C12H14N2S2. The lowest BCUT2D eigenvalue weighted by Crippen LogP contribution is -2.01. The molecule has 0 fully saturated rings. The number of nitrogens with zero attached hydrogens (tertiary/aromatic N) is 2. The summed E-state index contributed by atoms with van der Waals surface area (Å²) in [6.45, 7) is 0. The van der Waals surface area contributed by atoms with Crippen molar-refractivity contribution in [1.82, 2.24) is 4.31 Å². The first-order chi connectivity index (χ1) is 7.77. The van der Waals surface area contributed by atoms with Crippen molar-refractivity contribution in [2.24, 2.45) is 4.99 Å². The topological polar surface area (TPSA) is 15.6 Å². The molecule has 0 spiro atoms. The summed E-state index contributed by atoms with van der Waals surface area (Å²) in [6, 6.07) is 8.48. The van der Waals surface area contributed by atoms with Crippen molar-refractivity contribution in [1.29, 1.82) is 0 Å². The minimum atomic E-state index is 1.01. The van der Waals surface area contributed by atoms with Crippen LogP contribution in [-0.4, -0.2) is 29.7 Å². The molecule has 1 aromatic carbocycles. The van der Waals surface area contributed by atoms with Gasteiger partial charge < -0.3 is 0 Å². The minimum absolute atomic E-state index is 1.01. The van der Waals surface area contributed by atoms with Crippen LogP contribution in [0.1, 0.15) is 5.56 Å². The van der Waals surface area contributed by atoms with E-state index in [-0.39, 0.29) is 0 Å². The average Bonchev–Trinajstić information content (AvgIpc) is 2.30. The number of thioether (sulfide) groups is 1. The van der Waals surface area contributed by atoms with E-state index in [1.165, 1.54) is 16.0 Å². The predicted octanol–water partition coefficient (Wildman–Crippen LogP) is 3.37. The van der Waals surface area contributed by atoms with E-state index < -0.39 is 0 Å². The van der Waals surface area contributed by atoms with Gasteiger partial charge in [-0.2, -0.15) is 0 Å². The van der Waals surface area contributed by atoms with Crippen LogP contribution >= 0.6 is 23.7 Å². The molecule has 1 aliphatic heterocycles. The molecule has 0 saturated carbocycles. The van der Waals surface area contributed by atoms with Crippen LogP contribution in [0, 0.1) is 0 Å². The standard InChI is InChI=1S/C12H14N2S2/c1-14(2)16-12-6-4-3-5-11(12)10-7-13-9-15-8-10/h3-7,9H,8H2,1-2H3. The number of hydrogen-bond donors (Lipinski definition) is 0. The predicted molar refractivity (Wildman–Crippen MR) is 74.9 cm³/mol. The van der Waals surface area contributed by atoms with Gasteiger partial charge in [0.15, 0.2) is 0 Å². The van der Waals surface area contributed by atoms with Gasteiger partial charge in [0.25, 0.3) is 0 Å². The molecule has 0 unspecified atom stereocenters. The third-order valence-corrected chi connectivity index (χ3v) is 3.78. The highest BCUT2D eigenvalue weighted by Gasteiger charge is 2.10. The Balaban J connectivity index is 2.32. The lowest BCUT2D eigenvalue weighted by Gasteiger charge is -2.15. The van der Waals surface area contributed by atoms with Gasteiger partial charge in [-0.1, -0.05) is 18.2 Å². The Morgan fingerprint density at radius 1 is 1.31 bits per heavy atom. The maximum Gasteiger partial charge on any atom is 0.0600 e. The van der Waals surface area contributed by atoms with E-state index in [0.29, 0.717) is 0 Å². The van der Waals surface area contributed by atoms with Gasteiger partial charge >= 0.3 is 0 Å². The number of aliphatic imine (C=N–C) groups is 1. The molecule has 0 aliphatic carbocycles. The number of benzene rings is 1. The maximum atomic E-state index is 4.21. The third-order valence-electron chi connectivity index (χ3n) is 2.12. The van der Waals surface area contributed by atoms with Crippen molar-refractivity contribution in [3.8, 4) is 0 Å². The van der Waals surface area contributed by atoms with E-state index in [1.807, 2.05) is 11.7 Å². The molecule has 0 atom stereocenters. The summed E-state index contributed by atoms with van der Waals surface area (Å²) in [5.41, 5.74) is 4.49. The first-order valence-corrected chi connectivity index (χ1v) is 6.86. The van der Waals surface area contributed by atoms with Crippen LogP contribution in [0.4, 0.5) is 0 Å². The van der Waals surface area contributed by atoms with Gasteiger partial charge in [0.1, 0.15) is 0 Å². The zero-order valence-electron chi connectivity index (χ0n) is 9.38. The molecule has 1 aromatic rings. The summed E-state index contributed by atoms with van der Waals surface area (Å²) >= 11 is 3.49. The monoisotopic (exact) mass is 250 g/mol. The first-order valence-electron chi connectivity index (χ1n) is 5.04. The molecule has 0 radical (unpaired) electrons. The molecule has 0 bridgehead atoms. The third kappa shape index (κ3) is 2.90. The SMILES string of the molecule is CN(C)Sc1ccccc1C1=CN=CSC1. The minimum Gasteiger partial charge on any atom is -0.258 e. The molecule has 2 nitrogen and oxygen atoms in total. The first kappa shape index (κ1) is 11.8. The van der Waals surface area contributed by atoms with Gasteiger partial charge in [-0.05, 0) is 43.2 Å². The Morgan fingerprint density at radius 3 is 2.81 bits per heavy atom. The zero-order chi connectivity index (χ0) is 11.4. The highest BCUT2D eigenvalue weighted by atomic mass is 32.2. The van der Waals surface area contributed by atoms with Crippen LogP contribution in [0.25, 0.3) is 5.57 Å². The second-order valence-corrected chi connectivity index (χ2v) is 5.81. The van der Waals surface area contributed by atoms with Gasteiger partial charge in [0.05, 0.1) is 5.55 Å². The average molecular weight is 250 g/mol. The van der Waals surface area contributed by atoms with Gasteiger partial charge in [0, 0.05) is 16.8 Å².